The van der Waals surface area contributed by atoms with Crippen LogP contribution in [0.5, 0.6) is 0 Å². The molecule has 3 nitrogen and oxygen atoms in total. The maximum Gasteiger partial charge on any atom is 0.336 e. The van der Waals surface area contributed by atoms with E-state index in [9.17, 15) is 14.3 Å². The average Bonchev–Trinajstić information content (AvgIpc) is 2.28. The number of carboxylic acid groups (broad SMARTS) is 1. The van der Waals surface area contributed by atoms with Crippen molar-refractivity contribution < 1.29 is 19.4 Å². The highest BCUT2D eigenvalue weighted by Crippen LogP contribution is 2.32. The lowest BCUT2D eigenvalue weighted by Gasteiger charge is -2.30. The molecule has 0 heterocycles. The van der Waals surface area contributed by atoms with Gasteiger partial charge in [0.1, 0.15) is 5.82 Å². The van der Waals surface area contributed by atoms with Crippen LogP contribution in [0.4, 0.5) is 4.39 Å². The molecule has 2 atom stereocenters. The van der Waals surface area contributed by atoms with Crippen molar-refractivity contribution in [1.29, 1.82) is 0 Å². The molecule has 0 aliphatic carbocycles. The number of carbonyl (C=O) groups is 1. The molecule has 94 valence electrons. The summed E-state index contributed by atoms with van der Waals surface area (Å²) in [6, 6.07) is 5.68. The Bertz CT molecular complexity index is 405. The van der Waals surface area contributed by atoms with Crippen LogP contribution in [0.2, 0.25) is 0 Å². The molecule has 0 aromatic heterocycles. The third kappa shape index (κ3) is 2.82. The number of hydrogen-bond donors (Lipinski definition) is 2. The van der Waals surface area contributed by atoms with Crippen LogP contribution < -0.4 is 0 Å². The van der Waals surface area contributed by atoms with Crippen LogP contribution in [0.15, 0.2) is 24.3 Å². The second-order valence-electron chi connectivity index (χ2n) is 4.26. The standard InChI is InChI=1S/C13H17FO3/c1-3-7-13(17,12(15)16)9(2)10-5-4-6-11(14)8-10/h4-6,8-9,17H,3,7H2,1-2H3,(H,15,16). The van der Waals surface area contributed by atoms with Crippen molar-refractivity contribution in [3.05, 3.63) is 35.6 Å². The first kappa shape index (κ1) is 13.6. The van der Waals surface area contributed by atoms with Crippen molar-refractivity contribution in [2.24, 2.45) is 0 Å². The molecule has 2 unspecified atom stereocenters. The molecule has 1 aromatic carbocycles. The van der Waals surface area contributed by atoms with E-state index in [2.05, 4.69) is 0 Å². The lowest BCUT2D eigenvalue weighted by atomic mass is 9.80. The van der Waals surface area contributed by atoms with Crippen molar-refractivity contribution >= 4 is 5.97 Å². The Balaban J connectivity index is 3.08. The van der Waals surface area contributed by atoms with E-state index in [1.165, 1.54) is 18.2 Å². The van der Waals surface area contributed by atoms with Gasteiger partial charge in [-0.1, -0.05) is 32.4 Å². The van der Waals surface area contributed by atoms with Crippen LogP contribution in [0.25, 0.3) is 0 Å². The van der Waals surface area contributed by atoms with E-state index in [0.717, 1.165) is 0 Å². The van der Waals surface area contributed by atoms with Gasteiger partial charge in [-0.3, -0.25) is 0 Å². The summed E-state index contributed by atoms with van der Waals surface area (Å²) in [6.07, 6.45) is 0.683. The molecule has 0 fully saturated rings. The Hall–Kier alpha value is -1.42. The Morgan fingerprint density at radius 2 is 2.18 bits per heavy atom. The summed E-state index contributed by atoms with van der Waals surface area (Å²) in [5, 5.41) is 19.3. The quantitative estimate of drug-likeness (QED) is 0.831. The summed E-state index contributed by atoms with van der Waals surface area (Å²) < 4.78 is 13.1. The first-order valence-corrected chi connectivity index (χ1v) is 5.63. The fourth-order valence-corrected chi connectivity index (χ4v) is 1.94. The molecule has 1 aromatic rings. The SMILES string of the molecule is CCCC(O)(C(=O)O)C(C)c1cccc(F)c1. The fourth-order valence-electron chi connectivity index (χ4n) is 1.94. The summed E-state index contributed by atoms with van der Waals surface area (Å²) in [6.45, 7) is 3.39. The predicted octanol–water partition coefficient (Wildman–Crippen LogP) is 2.55. The van der Waals surface area contributed by atoms with E-state index < -0.39 is 23.3 Å². The van der Waals surface area contributed by atoms with Gasteiger partial charge in [0, 0.05) is 5.92 Å². The van der Waals surface area contributed by atoms with E-state index in [0.29, 0.717) is 12.0 Å². The highest BCUT2D eigenvalue weighted by atomic mass is 19.1. The minimum Gasteiger partial charge on any atom is -0.479 e. The van der Waals surface area contributed by atoms with Crippen molar-refractivity contribution in [1.82, 2.24) is 0 Å². The second-order valence-corrected chi connectivity index (χ2v) is 4.26. The summed E-state index contributed by atoms with van der Waals surface area (Å²) in [4.78, 5) is 11.2. The second kappa shape index (κ2) is 5.27. The molecule has 4 heteroatoms. The first-order valence-electron chi connectivity index (χ1n) is 5.63. The van der Waals surface area contributed by atoms with Crippen LogP contribution in [-0.4, -0.2) is 21.8 Å². The first-order chi connectivity index (χ1) is 7.91. The van der Waals surface area contributed by atoms with E-state index in [1.54, 1.807) is 19.9 Å². The van der Waals surface area contributed by atoms with Gasteiger partial charge in [-0.05, 0) is 24.1 Å². The minimum atomic E-state index is -1.84. The lowest BCUT2D eigenvalue weighted by Crippen LogP contribution is -2.43. The Kier molecular flexibility index (Phi) is 4.23. The molecular formula is C13H17FO3. The highest BCUT2D eigenvalue weighted by Gasteiger charge is 2.41. The summed E-state index contributed by atoms with van der Waals surface area (Å²) in [7, 11) is 0. The number of carboxylic acids is 1. The zero-order chi connectivity index (χ0) is 13.1. The summed E-state index contributed by atoms with van der Waals surface area (Å²) in [5.41, 5.74) is -1.36. The van der Waals surface area contributed by atoms with Crippen molar-refractivity contribution in [2.75, 3.05) is 0 Å². The summed E-state index contributed by atoms with van der Waals surface area (Å²) in [5.74, 6) is -2.36. The Morgan fingerprint density at radius 3 is 2.65 bits per heavy atom. The average molecular weight is 240 g/mol. The Labute approximate surface area is 99.9 Å². The molecule has 17 heavy (non-hydrogen) atoms. The number of hydrogen-bond acceptors (Lipinski definition) is 2. The maximum absolute atomic E-state index is 13.1. The van der Waals surface area contributed by atoms with Crippen molar-refractivity contribution in [2.45, 2.75) is 38.2 Å². The van der Waals surface area contributed by atoms with Crippen molar-refractivity contribution in [3.8, 4) is 0 Å². The van der Waals surface area contributed by atoms with Crippen molar-refractivity contribution in [3.63, 3.8) is 0 Å². The number of halogens is 1. The van der Waals surface area contributed by atoms with Gasteiger partial charge in [0.15, 0.2) is 5.60 Å². The Morgan fingerprint density at radius 1 is 1.53 bits per heavy atom. The van der Waals surface area contributed by atoms with E-state index in [4.69, 9.17) is 5.11 Å². The summed E-state index contributed by atoms with van der Waals surface area (Å²) >= 11 is 0. The monoisotopic (exact) mass is 240 g/mol. The zero-order valence-electron chi connectivity index (χ0n) is 9.98. The molecular weight excluding hydrogens is 223 g/mol. The fraction of sp³-hybridized carbons (Fsp3) is 0.462. The topological polar surface area (TPSA) is 57.5 Å². The van der Waals surface area contributed by atoms with E-state index >= 15 is 0 Å². The molecule has 0 amide bonds. The third-order valence-electron chi connectivity index (χ3n) is 3.07. The van der Waals surface area contributed by atoms with E-state index in [-0.39, 0.29) is 6.42 Å². The van der Waals surface area contributed by atoms with Gasteiger partial charge in [-0.2, -0.15) is 0 Å². The zero-order valence-corrected chi connectivity index (χ0v) is 9.98. The van der Waals surface area contributed by atoms with Gasteiger partial charge in [0.05, 0.1) is 0 Å². The molecule has 0 saturated heterocycles. The number of benzene rings is 1. The maximum atomic E-state index is 13.1. The van der Waals surface area contributed by atoms with Gasteiger partial charge in [0.2, 0.25) is 0 Å². The van der Waals surface area contributed by atoms with Crippen LogP contribution in [0.1, 0.15) is 38.2 Å². The minimum absolute atomic E-state index is 0.139. The van der Waals surface area contributed by atoms with Crippen LogP contribution in [-0.2, 0) is 4.79 Å². The van der Waals surface area contributed by atoms with Crippen LogP contribution in [0.3, 0.4) is 0 Å². The number of rotatable bonds is 5. The molecule has 0 radical (unpaired) electrons. The number of aliphatic carboxylic acids is 1. The molecule has 0 bridgehead atoms. The molecule has 0 spiro atoms. The van der Waals surface area contributed by atoms with Crippen LogP contribution >= 0.6 is 0 Å². The molecule has 0 aliphatic rings. The molecule has 0 aliphatic heterocycles. The molecule has 0 saturated carbocycles. The van der Waals surface area contributed by atoms with Gasteiger partial charge in [-0.15, -0.1) is 0 Å². The van der Waals surface area contributed by atoms with Gasteiger partial charge in [-0.25, -0.2) is 9.18 Å². The predicted molar refractivity (Wildman–Crippen MR) is 62.3 cm³/mol. The largest absolute Gasteiger partial charge is 0.479 e. The van der Waals surface area contributed by atoms with Gasteiger partial charge < -0.3 is 10.2 Å². The smallest absolute Gasteiger partial charge is 0.336 e. The van der Waals surface area contributed by atoms with Crippen LogP contribution in [0, 0.1) is 5.82 Å². The van der Waals surface area contributed by atoms with Gasteiger partial charge in [0.25, 0.3) is 0 Å². The normalized spacial score (nSPS) is 16.2. The lowest BCUT2D eigenvalue weighted by molar-refractivity contribution is -0.161. The molecule has 2 N–H and O–H groups in total. The van der Waals surface area contributed by atoms with Gasteiger partial charge >= 0.3 is 5.97 Å². The highest BCUT2D eigenvalue weighted by molar-refractivity contribution is 5.78. The number of aliphatic hydroxyl groups is 1. The molecule has 1 rings (SSSR count). The van der Waals surface area contributed by atoms with E-state index in [1.807, 2.05) is 0 Å². The third-order valence-corrected chi connectivity index (χ3v) is 3.07.